The molecule has 1 aromatic carbocycles. The summed E-state index contributed by atoms with van der Waals surface area (Å²) in [5, 5.41) is 6.97. The molecule has 6 nitrogen and oxygen atoms in total. The van der Waals surface area contributed by atoms with Crippen LogP contribution in [-0.4, -0.2) is 52.4 Å². The molecule has 126 valence electrons. The Morgan fingerprint density at radius 3 is 2.26 bits per heavy atom. The van der Waals surface area contributed by atoms with Crippen molar-refractivity contribution in [3.8, 4) is 11.5 Å². The molecule has 6 heteroatoms. The number of nitrogens with zero attached hydrogens (tertiary/aromatic N) is 2. The van der Waals surface area contributed by atoms with E-state index in [4.69, 9.17) is 9.47 Å². The molecule has 1 unspecified atom stereocenters. The summed E-state index contributed by atoms with van der Waals surface area (Å²) in [5.74, 6) is 2.56. The number of aliphatic imine (C=N–C) groups is 1. The van der Waals surface area contributed by atoms with Crippen LogP contribution in [0, 0.1) is 0 Å². The Hall–Kier alpha value is -2.11. The van der Waals surface area contributed by atoms with E-state index in [9.17, 15) is 0 Å². The van der Waals surface area contributed by atoms with Crippen LogP contribution in [0.25, 0.3) is 0 Å². The molecule has 0 amide bonds. The lowest BCUT2D eigenvalue weighted by Gasteiger charge is -2.21. The van der Waals surface area contributed by atoms with Crippen LogP contribution in [0.3, 0.4) is 0 Å². The predicted molar refractivity (Wildman–Crippen MR) is 92.8 cm³/mol. The van der Waals surface area contributed by atoms with Crippen molar-refractivity contribution in [3.05, 3.63) is 18.2 Å². The van der Waals surface area contributed by atoms with E-state index in [0.717, 1.165) is 42.7 Å². The number of rotatable bonds is 5. The van der Waals surface area contributed by atoms with Crippen LogP contribution in [0.4, 0.5) is 5.69 Å². The lowest BCUT2D eigenvalue weighted by molar-refractivity contribution is 0.394. The minimum atomic E-state index is 0.400. The van der Waals surface area contributed by atoms with E-state index in [0.29, 0.717) is 12.1 Å². The van der Waals surface area contributed by atoms with Crippen molar-refractivity contribution in [2.45, 2.75) is 31.3 Å². The van der Waals surface area contributed by atoms with E-state index in [1.54, 1.807) is 14.2 Å². The summed E-state index contributed by atoms with van der Waals surface area (Å²) in [6.45, 7) is 1.95. The fourth-order valence-corrected chi connectivity index (χ4v) is 2.87. The molecule has 1 aromatic rings. The highest BCUT2D eigenvalue weighted by Gasteiger charge is 2.27. The van der Waals surface area contributed by atoms with Crippen molar-refractivity contribution in [3.63, 3.8) is 0 Å². The van der Waals surface area contributed by atoms with E-state index in [-0.39, 0.29) is 0 Å². The predicted octanol–water partition coefficient (Wildman–Crippen LogP) is 1.61. The third kappa shape index (κ3) is 4.00. The third-order valence-electron chi connectivity index (χ3n) is 4.37. The smallest absolute Gasteiger partial charge is 0.191 e. The minimum Gasteiger partial charge on any atom is -0.497 e. The Morgan fingerprint density at radius 2 is 1.70 bits per heavy atom. The van der Waals surface area contributed by atoms with Crippen molar-refractivity contribution in [1.29, 1.82) is 0 Å². The number of ether oxygens (including phenoxy) is 2. The van der Waals surface area contributed by atoms with E-state index in [1.807, 2.05) is 13.1 Å². The van der Waals surface area contributed by atoms with Crippen LogP contribution in [0.15, 0.2) is 23.2 Å². The zero-order valence-electron chi connectivity index (χ0n) is 14.1. The second kappa shape index (κ2) is 6.98. The zero-order chi connectivity index (χ0) is 16.2. The Morgan fingerprint density at radius 1 is 1.04 bits per heavy atom. The van der Waals surface area contributed by atoms with Gasteiger partial charge in [-0.1, -0.05) is 0 Å². The van der Waals surface area contributed by atoms with Gasteiger partial charge in [-0.15, -0.1) is 0 Å². The molecule has 0 aromatic heterocycles. The van der Waals surface area contributed by atoms with Crippen LogP contribution >= 0.6 is 0 Å². The summed E-state index contributed by atoms with van der Waals surface area (Å²) < 4.78 is 10.7. The van der Waals surface area contributed by atoms with Gasteiger partial charge in [-0.2, -0.15) is 0 Å². The highest BCUT2D eigenvalue weighted by atomic mass is 16.5. The molecular weight excluding hydrogens is 292 g/mol. The van der Waals surface area contributed by atoms with E-state index < -0.39 is 0 Å². The summed E-state index contributed by atoms with van der Waals surface area (Å²) in [7, 11) is 5.19. The van der Waals surface area contributed by atoms with Gasteiger partial charge in [-0.3, -0.25) is 4.99 Å². The van der Waals surface area contributed by atoms with Gasteiger partial charge in [0, 0.05) is 56.1 Å². The fourth-order valence-electron chi connectivity index (χ4n) is 2.87. The Balaban J connectivity index is 1.62. The Kier molecular flexibility index (Phi) is 4.79. The molecule has 1 aliphatic heterocycles. The number of benzene rings is 1. The molecule has 1 saturated heterocycles. The third-order valence-corrected chi connectivity index (χ3v) is 4.37. The Labute approximate surface area is 137 Å². The maximum atomic E-state index is 5.36. The summed E-state index contributed by atoms with van der Waals surface area (Å²) >= 11 is 0. The van der Waals surface area contributed by atoms with Crippen molar-refractivity contribution in [2.75, 3.05) is 39.3 Å². The normalized spacial score (nSPS) is 21.3. The molecule has 2 aliphatic rings. The number of hydrogen-bond donors (Lipinski definition) is 2. The molecule has 0 bridgehead atoms. The summed E-state index contributed by atoms with van der Waals surface area (Å²) in [5.41, 5.74) is 1.13. The molecule has 1 heterocycles. The summed E-state index contributed by atoms with van der Waals surface area (Å²) in [4.78, 5) is 6.67. The minimum absolute atomic E-state index is 0.400. The van der Waals surface area contributed by atoms with Crippen molar-refractivity contribution >= 4 is 11.6 Å². The van der Waals surface area contributed by atoms with Gasteiger partial charge in [-0.25, -0.2) is 0 Å². The molecule has 0 radical (unpaired) electrons. The maximum absolute atomic E-state index is 5.36. The summed E-state index contributed by atoms with van der Waals surface area (Å²) in [6, 6.07) is 7.03. The SMILES string of the molecule is CN=C(NC1CC1)NC1CCN(c2cc(OC)cc(OC)c2)C1. The van der Waals surface area contributed by atoms with E-state index in [2.05, 4.69) is 32.7 Å². The quantitative estimate of drug-likeness (QED) is 0.638. The molecule has 2 N–H and O–H groups in total. The largest absolute Gasteiger partial charge is 0.497 e. The molecule has 2 fully saturated rings. The number of guanidine groups is 1. The fraction of sp³-hybridized carbons (Fsp3) is 0.588. The number of hydrogen-bond acceptors (Lipinski definition) is 4. The number of methoxy groups -OCH3 is 2. The number of anilines is 1. The van der Waals surface area contributed by atoms with Gasteiger partial charge in [0.05, 0.1) is 14.2 Å². The second-order valence-corrected chi connectivity index (χ2v) is 6.14. The molecule has 3 rings (SSSR count). The van der Waals surface area contributed by atoms with Crippen LogP contribution < -0.4 is 25.0 Å². The van der Waals surface area contributed by atoms with Crippen LogP contribution in [-0.2, 0) is 0 Å². The van der Waals surface area contributed by atoms with E-state index in [1.165, 1.54) is 12.8 Å². The van der Waals surface area contributed by atoms with Gasteiger partial charge in [0.15, 0.2) is 5.96 Å². The van der Waals surface area contributed by atoms with Crippen molar-refractivity contribution < 1.29 is 9.47 Å². The van der Waals surface area contributed by atoms with Gasteiger partial charge < -0.3 is 25.0 Å². The molecule has 1 aliphatic carbocycles. The summed E-state index contributed by atoms with van der Waals surface area (Å²) in [6.07, 6.45) is 3.59. The van der Waals surface area contributed by atoms with Crippen LogP contribution in [0.2, 0.25) is 0 Å². The zero-order valence-corrected chi connectivity index (χ0v) is 14.1. The van der Waals surface area contributed by atoms with Crippen LogP contribution in [0.5, 0.6) is 11.5 Å². The van der Waals surface area contributed by atoms with Gasteiger partial charge in [-0.05, 0) is 19.3 Å². The molecule has 0 spiro atoms. The molecule has 23 heavy (non-hydrogen) atoms. The average Bonchev–Trinajstić information content (AvgIpc) is 3.28. The first-order valence-electron chi connectivity index (χ1n) is 8.19. The van der Waals surface area contributed by atoms with E-state index >= 15 is 0 Å². The Bertz CT molecular complexity index is 549. The first-order chi connectivity index (χ1) is 11.2. The van der Waals surface area contributed by atoms with Gasteiger partial charge in [0.1, 0.15) is 11.5 Å². The van der Waals surface area contributed by atoms with Gasteiger partial charge in [0.25, 0.3) is 0 Å². The molecule has 1 saturated carbocycles. The molecule has 1 atom stereocenters. The second-order valence-electron chi connectivity index (χ2n) is 6.14. The van der Waals surface area contributed by atoms with Crippen molar-refractivity contribution in [2.24, 2.45) is 4.99 Å². The first kappa shape index (κ1) is 15.8. The average molecular weight is 318 g/mol. The standard InChI is InChI=1S/C17H26N4O2/c1-18-17(19-12-4-5-12)20-13-6-7-21(11-13)14-8-15(22-2)10-16(9-14)23-3/h8-10,12-13H,4-7,11H2,1-3H3,(H2,18,19,20). The topological polar surface area (TPSA) is 58.1 Å². The van der Waals surface area contributed by atoms with Gasteiger partial charge in [0.2, 0.25) is 0 Å². The highest BCUT2D eigenvalue weighted by molar-refractivity contribution is 5.80. The highest BCUT2D eigenvalue weighted by Crippen LogP contribution is 2.30. The maximum Gasteiger partial charge on any atom is 0.191 e. The first-order valence-corrected chi connectivity index (χ1v) is 8.19. The van der Waals surface area contributed by atoms with Crippen molar-refractivity contribution in [1.82, 2.24) is 10.6 Å². The lowest BCUT2D eigenvalue weighted by Crippen LogP contribution is -2.45. The lowest BCUT2D eigenvalue weighted by atomic mass is 10.2. The number of nitrogens with one attached hydrogen (secondary N) is 2. The molecular formula is C17H26N4O2. The van der Waals surface area contributed by atoms with Gasteiger partial charge >= 0.3 is 0 Å². The van der Waals surface area contributed by atoms with Crippen LogP contribution in [0.1, 0.15) is 19.3 Å². The monoisotopic (exact) mass is 318 g/mol.